The van der Waals surface area contributed by atoms with E-state index in [1.807, 2.05) is 24.1 Å². The number of aliphatic hydroxyl groups is 1. The second-order valence-electron chi connectivity index (χ2n) is 7.79. The number of benzene rings is 1. The zero-order chi connectivity index (χ0) is 19.6. The molecule has 27 heavy (non-hydrogen) atoms. The van der Waals surface area contributed by atoms with Gasteiger partial charge in [0, 0.05) is 50.6 Å². The van der Waals surface area contributed by atoms with E-state index in [0.29, 0.717) is 5.92 Å². The Balaban J connectivity index is 0.000000279. The molecule has 0 amide bonds. The van der Waals surface area contributed by atoms with Crippen molar-refractivity contribution in [1.82, 2.24) is 9.78 Å². The number of nitrogens with zero attached hydrogens (tertiary/aromatic N) is 3. The monoisotopic (exact) mass is 371 g/mol. The summed E-state index contributed by atoms with van der Waals surface area (Å²) in [6, 6.07) is 6.54. The number of aromatic nitrogens is 2. The van der Waals surface area contributed by atoms with Gasteiger partial charge in [-0.25, -0.2) is 0 Å². The maximum atomic E-state index is 9.38. The minimum atomic E-state index is 0.251. The highest BCUT2D eigenvalue weighted by atomic mass is 16.3. The quantitative estimate of drug-likeness (QED) is 0.692. The second kappa shape index (κ2) is 11.1. The molecule has 3 rings (SSSR count). The number of hydrogen-bond donors (Lipinski definition) is 1. The van der Waals surface area contributed by atoms with Crippen LogP contribution in [-0.2, 0) is 13.5 Å². The van der Waals surface area contributed by atoms with Crippen LogP contribution >= 0.6 is 0 Å². The van der Waals surface area contributed by atoms with Crippen LogP contribution in [0.4, 0.5) is 5.69 Å². The Morgan fingerprint density at radius 1 is 1.04 bits per heavy atom. The van der Waals surface area contributed by atoms with E-state index in [1.165, 1.54) is 55.3 Å². The first-order valence-electron chi connectivity index (χ1n) is 10.5. The normalized spacial score (nSPS) is 15.9. The van der Waals surface area contributed by atoms with Crippen molar-refractivity contribution in [2.75, 3.05) is 25.1 Å². The first-order chi connectivity index (χ1) is 13.1. The predicted molar refractivity (Wildman–Crippen MR) is 115 cm³/mol. The van der Waals surface area contributed by atoms with Crippen LogP contribution in [0.1, 0.15) is 57.9 Å². The molecule has 0 bridgehead atoms. The summed E-state index contributed by atoms with van der Waals surface area (Å²) in [7, 11) is 4.02. The lowest BCUT2D eigenvalue weighted by Crippen LogP contribution is -2.33. The van der Waals surface area contributed by atoms with E-state index in [1.54, 1.807) is 0 Å². The summed E-state index contributed by atoms with van der Waals surface area (Å²) in [6.45, 7) is 5.69. The maximum absolute atomic E-state index is 9.38. The number of anilines is 1. The largest absolute Gasteiger partial charge is 0.396 e. The molecule has 0 saturated heterocycles. The topological polar surface area (TPSA) is 41.3 Å². The highest BCUT2D eigenvalue weighted by Gasteiger charge is 2.22. The summed E-state index contributed by atoms with van der Waals surface area (Å²) < 4.78 is 1.82. The summed E-state index contributed by atoms with van der Waals surface area (Å²) in [5.41, 5.74) is 4.92. The van der Waals surface area contributed by atoms with Crippen molar-refractivity contribution in [3.8, 4) is 11.1 Å². The van der Waals surface area contributed by atoms with E-state index >= 15 is 0 Å². The van der Waals surface area contributed by atoms with Crippen molar-refractivity contribution in [2.24, 2.45) is 13.0 Å². The van der Waals surface area contributed by atoms with E-state index < -0.39 is 0 Å². The smallest absolute Gasteiger partial charge is 0.0568 e. The average Bonchev–Trinajstić information content (AvgIpc) is 3.11. The van der Waals surface area contributed by atoms with E-state index in [0.717, 1.165) is 18.5 Å². The van der Waals surface area contributed by atoms with E-state index in [-0.39, 0.29) is 6.61 Å². The van der Waals surface area contributed by atoms with Crippen LogP contribution in [-0.4, -0.2) is 35.1 Å². The molecular weight excluding hydrogens is 334 g/mol. The van der Waals surface area contributed by atoms with Crippen LogP contribution in [0.3, 0.4) is 0 Å². The van der Waals surface area contributed by atoms with E-state index in [9.17, 15) is 5.11 Å². The van der Waals surface area contributed by atoms with Crippen LogP contribution in [0.15, 0.2) is 30.6 Å². The van der Waals surface area contributed by atoms with Crippen molar-refractivity contribution in [3.63, 3.8) is 0 Å². The van der Waals surface area contributed by atoms with Crippen molar-refractivity contribution in [3.05, 3.63) is 36.2 Å². The van der Waals surface area contributed by atoms with Gasteiger partial charge >= 0.3 is 0 Å². The van der Waals surface area contributed by atoms with Gasteiger partial charge in [0.2, 0.25) is 0 Å². The van der Waals surface area contributed by atoms with Gasteiger partial charge < -0.3 is 10.0 Å². The Morgan fingerprint density at radius 3 is 2.30 bits per heavy atom. The molecule has 0 saturated carbocycles. The average molecular weight is 372 g/mol. The molecule has 1 unspecified atom stereocenters. The standard InChI is InChI=1S/C15H19N3O.C8H18/c1-17-8-11(10-19)5-13-6-12(3-4-15(13)17)14-7-16-18(2)9-14;1-3-5-7-8-6-4-2/h3-4,6-7,9,11,19H,5,8,10H2,1-2H3;3-8H2,1-2H3. The molecule has 1 N–H and O–H groups in total. The van der Waals surface area contributed by atoms with Crippen molar-refractivity contribution in [2.45, 2.75) is 58.8 Å². The van der Waals surface area contributed by atoms with Gasteiger partial charge in [-0.3, -0.25) is 4.68 Å². The molecule has 1 aliphatic heterocycles. The SMILES string of the molecule is CCCCCCCC.CN1CC(CO)Cc2cc(-c3cnn(C)c3)ccc21. The Morgan fingerprint density at radius 2 is 1.74 bits per heavy atom. The molecule has 0 radical (unpaired) electrons. The molecule has 1 aliphatic rings. The molecule has 1 atom stereocenters. The van der Waals surface area contributed by atoms with Gasteiger partial charge in [-0.1, -0.05) is 58.4 Å². The zero-order valence-electron chi connectivity index (χ0n) is 17.6. The lowest BCUT2D eigenvalue weighted by Gasteiger charge is -2.32. The fourth-order valence-corrected chi connectivity index (χ4v) is 3.71. The Labute approximate surface area is 165 Å². The molecule has 0 aliphatic carbocycles. The third-order valence-corrected chi connectivity index (χ3v) is 5.28. The number of hydrogen-bond acceptors (Lipinski definition) is 3. The van der Waals surface area contributed by atoms with Crippen LogP contribution in [0, 0.1) is 5.92 Å². The Hall–Kier alpha value is -1.81. The minimum Gasteiger partial charge on any atom is -0.396 e. The number of fused-ring (bicyclic) bond motifs is 1. The van der Waals surface area contributed by atoms with E-state index in [4.69, 9.17) is 0 Å². The van der Waals surface area contributed by atoms with Crippen molar-refractivity contribution >= 4 is 5.69 Å². The summed E-state index contributed by atoms with van der Waals surface area (Å²) >= 11 is 0. The van der Waals surface area contributed by atoms with Crippen LogP contribution in [0.5, 0.6) is 0 Å². The maximum Gasteiger partial charge on any atom is 0.0568 e. The number of aliphatic hydroxyl groups excluding tert-OH is 1. The number of unbranched alkanes of at least 4 members (excludes halogenated alkanes) is 5. The summed E-state index contributed by atoms with van der Waals surface area (Å²) in [4.78, 5) is 2.23. The van der Waals surface area contributed by atoms with Gasteiger partial charge in [0.15, 0.2) is 0 Å². The molecule has 0 spiro atoms. The fraction of sp³-hybridized carbons (Fsp3) is 0.609. The van der Waals surface area contributed by atoms with Gasteiger partial charge in [-0.05, 0) is 29.7 Å². The van der Waals surface area contributed by atoms with Gasteiger partial charge in [0.05, 0.1) is 6.20 Å². The molecule has 1 aromatic carbocycles. The molecule has 4 nitrogen and oxygen atoms in total. The number of aryl methyl sites for hydroxylation is 1. The van der Waals surface area contributed by atoms with Crippen molar-refractivity contribution < 1.29 is 5.11 Å². The van der Waals surface area contributed by atoms with Gasteiger partial charge in [0.25, 0.3) is 0 Å². The minimum absolute atomic E-state index is 0.251. The molecule has 1 aromatic heterocycles. The molecular formula is C23H37N3O. The van der Waals surface area contributed by atoms with Crippen LogP contribution in [0.2, 0.25) is 0 Å². The number of rotatable bonds is 7. The molecule has 0 fully saturated rings. The fourth-order valence-electron chi connectivity index (χ4n) is 3.71. The highest BCUT2D eigenvalue weighted by molar-refractivity contribution is 5.68. The van der Waals surface area contributed by atoms with Crippen LogP contribution < -0.4 is 4.90 Å². The lowest BCUT2D eigenvalue weighted by atomic mass is 9.91. The highest BCUT2D eigenvalue weighted by Crippen LogP contribution is 2.32. The Kier molecular flexibility index (Phi) is 8.86. The first kappa shape index (κ1) is 21.5. The van der Waals surface area contributed by atoms with Gasteiger partial charge in [0.1, 0.15) is 0 Å². The molecule has 4 heteroatoms. The third-order valence-electron chi connectivity index (χ3n) is 5.28. The summed E-state index contributed by atoms with van der Waals surface area (Å²) in [5.74, 6) is 0.335. The van der Waals surface area contributed by atoms with Gasteiger partial charge in [-0.2, -0.15) is 5.10 Å². The molecule has 2 aromatic rings. The second-order valence-corrected chi connectivity index (χ2v) is 7.79. The van der Waals surface area contributed by atoms with Crippen LogP contribution in [0.25, 0.3) is 11.1 Å². The third kappa shape index (κ3) is 6.39. The summed E-state index contributed by atoms with van der Waals surface area (Å²) in [6.07, 6.45) is 13.3. The van der Waals surface area contributed by atoms with Gasteiger partial charge in [-0.15, -0.1) is 0 Å². The first-order valence-corrected chi connectivity index (χ1v) is 10.5. The van der Waals surface area contributed by atoms with E-state index in [2.05, 4.69) is 49.1 Å². The Bertz CT molecular complexity index is 674. The molecule has 2 heterocycles. The molecule has 150 valence electrons. The lowest BCUT2D eigenvalue weighted by molar-refractivity contribution is 0.225. The summed E-state index contributed by atoms with van der Waals surface area (Å²) in [5, 5.41) is 13.6. The zero-order valence-corrected chi connectivity index (χ0v) is 17.6. The predicted octanol–water partition coefficient (Wildman–Crippen LogP) is 5.05. The van der Waals surface area contributed by atoms with Crippen molar-refractivity contribution in [1.29, 1.82) is 0 Å².